The number of aromatic nitrogens is 2. The number of hydrogen-bond donors (Lipinski definition) is 1. The number of thioether (sulfide) groups is 1. The number of likely N-dealkylation sites (tertiary alicyclic amines) is 1. The molecule has 2 aromatic rings. The highest BCUT2D eigenvalue weighted by atomic mass is 32.2. The summed E-state index contributed by atoms with van der Waals surface area (Å²) in [6, 6.07) is 1.29. The van der Waals surface area contributed by atoms with Gasteiger partial charge in [-0.2, -0.15) is 0 Å². The molecule has 2 aromatic heterocycles. The maximum atomic E-state index is 12.3. The Bertz CT molecular complexity index is 816. The highest BCUT2D eigenvalue weighted by Crippen LogP contribution is 2.22. The van der Waals surface area contributed by atoms with Crippen LogP contribution in [0, 0.1) is 0 Å². The minimum absolute atomic E-state index is 0.00374. The molecule has 0 bridgehead atoms. The molecule has 1 unspecified atom stereocenters. The van der Waals surface area contributed by atoms with Crippen LogP contribution in [0.15, 0.2) is 22.4 Å². The summed E-state index contributed by atoms with van der Waals surface area (Å²) in [6.07, 6.45) is 3.29. The third-order valence-corrected chi connectivity index (χ3v) is 5.65. The quantitative estimate of drug-likeness (QED) is 0.831. The normalized spacial score (nSPS) is 17.5. The second-order valence-corrected chi connectivity index (χ2v) is 7.47. The summed E-state index contributed by atoms with van der Waals surface area (Å²) in [7, 11) is 0. The van der Waals surface area contributed by atoms with Gasteiger partial charge in [-0.15, -0.1) is 23.1 Å². The number of carbonyl (C=O) groups is 2. The number of aliphatic carboxylic acids is 1. The molecule has 1 N–H and O–H groups in total. The minimum Gasteiger partial charge on any atom is -0.481 e. The third-order valence-electron chi connectivity index (χ3n) is 3.94. The van der Waals surface area contributed by atoms with Crippen LogP contribution < -0.4 is 5.56 Å². The second-order valence-electron chi connectivity index (χ2n) is 5.62. The molecule has 0 radical (unpaired) electrons. The van der Waals surface area contributed by atoms with Crippen molar-refractivity contribution in [2.24, 2.45) is 0 Å². The van der Waals surface area contributed by atoms with Crippen LogP contribution in [-0.2, 0) is 15.3 Å². The first-order valence-corrected chi connectivity index (χ1v) is 9.63. The Hall–Kier alpha value is -1.87. The Balaban J connectivity index is 1.56. The molecule has 1 atom stereocenters. The van der Waals surface area contributed by atoms with E-state index in [4.69, 9.17) is 5.11 Å². The molecule has 1 aliphatic heterocycles. The van der Waals surface area contributed by atoms with Crippen molar-refractivity contribution in [3.8, 4) is 0 Å². The SMILES string of the molecule is O=C(O)CC1CCCN1C(=O)CSCc1cc(=O)n2ccsc2n1. The predicted octanol–water partition coefficient (Wildman–Crippen LogP) is 1.45. The largest absolute Gasteiger partial charge is 0.481 e. The van der Waals surface area contributed by atoms with Crippen LogP contribution in [0.4, 0.5) is 0 Å². The highest BCUT2D eigenvalue weighted by molar-refractivity contribution is 7.99. The summed E-state index contributed by atoms with van der Waals surface area (Å²) in [4.78, 5) is 41.8. The van der Waals surface area contributed by atoms with Gasteiger partial charge in [0, 0.05) is 36.0 Å². The van der Waals surface area contributed by atoms with E-state index in [1.807, 2.05) is 0 Å². The van der Waals surface area contributed by atoms with Gasteiger partial charge in [-0.3, -0.25) is 18.8 Å². The Morgan fingerprint density at radius 3 is 3.08 bits per heavy atom. The van der Waals surface area contributed by atoms with Crippen LogP contribution in [0.2, 0.25) is 0 Å². The fourth-order valence-corrected chi connectivity index (χ4v) is 4.40. The van der Waals surface area contributed by atoms with E-state index in [-0.39, 0.29) is 29.7 Å². The van der Waals surface area contributed by atoms with Crippen molar-refractivity contribution in [1.82, 2.24) is 14.3 Å². The number of fused-ring (bicyclic) bond motifs is 1. The third kappa shape index (κ3) is 3.78. The molecule has 24 heavy (non-hydrogen) atoms. The van der Waals surface area contributed by atoms with Crippen LogP contribution in [0.5, 0.6) is 0 Å². The number of rotatable bonds is 6. The van der Waals surface area contributed by atoms with Gasteiger partial charge in [0.25, 0.3) is 5.56 Å². The van der Waals surface area contributed by atoms with Gasteiger partial charge in [0.2, 0.25) is 5.91 Å². The molecule has 1 aliphatic rings. The molecular weight excluding hydrogens is 350 g/mol. The van der Waals surface area contributed by atoms with Gasteiger partial charge in [0.1, 0.15) is 0 Å². The molecule has 3 heterocycles. The van der Waals surface area contributed by atoms with Gasteiger partial charge < -0.3 is 10.0 Å². The molecular formula is C15H17N3O4S2. The van der Waals surface area contributed by atoms with E-state index in [0.717, 1.165) is 12.8 Å². The zero-order valence-electron chi connectivity index (χ0n) is 12.9. The first-order valence-electron chi connectivity index (χ1n) is 7.59. The number of hydrogen-bond acceptors (Lipinski definition) is 6. The van der Waals surface area contributed by atoms with E-state index < -0.39 is 5.97 Å². The first-order chi connectivity index (χ1) is 11.5. The van der Waals surface area contributed by atoms with Crippen molar-refractivity contribution < 1.29 is 14.7 Å². The van der Waals surface area contributed by atoms with Crippen LogP contribution in [-0.4, -0.2) is 49.6 Å². The summed E-state index contributed by atoms with van der Waals surface area (Å²) < 4.78 is 1.49. The summed E-state index contributed by atoms with van der Waals surface area (Å²) in [5.41, 5.74) is 0.535. The van der Waals surface area contributed by atoms with Crippen molar-refractivity contribution in [2.45, 2.75) is 31.1 Å². The van der Waals surface area contributed by atoms with E-state index in [2.05, 4.69) is 4.98 Å². The zero-order chi connectivity index (χ0) is 17.1. The van der Waals surface area contributed by atoms with Gasteiger partial charge in [-0.25, -0.2) is 4.98 Å². The molecule has 9 heteroatoms. The van der Waals surface area contributed by atoms with E-state index in [0.29, 0.717) is 23.0 Å². The molecule has 0 aliphatic carbocycles. The number of nitrogens with zero attached hydrogens (tertiary/aromatic N) is 3. The molecule has 1 saturated heterocycles. The second kappa shape index (κ2) is 7.35. The monoisotopic (exact) mass is 367 g/mol. The average molecular weight is 367 g/mol. The fourth-order valence-electron chi connectivity index (χ4n) is 2.87. The van der Waals surface area contributed by atoms with E-state index in [1.165, 1.54) is 33.6 Å². The van der Waals surface area contributed by atoms with E-state index in [9.17, 15) is 14.4 Å². The van der Waals surface area contributed by atoms with Gasteiger partial charge >= 0.3 is 5.97 Å². The van der Waals surface area contributed by atoms with Crippen molar-refractivity contribution in [2.75, 3.05) is 12.3 Å². The van der Waals surface area contributed by atoms with E-state index >= 15 is 0 Å². The van der Waals surface area contributed by atoms with Gasteiger partial charge in [-0.05, 0) is 12.8 Å². The Morgan fingerprint density at radius 1 is 1.46 bits per heavy atom. The molecule has 1 amide bonds. The highest BCUT2D eigenvalue weighted by Gasteiger charge is 2.29. The number of carbonyl (C=O) groups excluding carboxylic acids is 1. The number of carboxylic acid groups (broad SMARTS) is 1. The lowest BCUT2D eigenvalue weighted by atomic mass is 10.1. The average Bonchev–Trinajstić information content (AvgIpc) is 3.15. The van der Waals surface area contributed by atoms with Gasteiger partial charge in [-0.1, -0.05) is 0 Å². The smallest absolute Gasteiger partial charge is 0.305 e. The van der Waals surface area contributed by atoms with Crippen molar-refractivity contribution in [3.05, 3.63) is 33.7 Å². The van der Waals surface area contributed by atoms with Crippen molar-refractivity contribution in [3.63, 3.8) is 0 Å². The van der Waals surface area contributed by atoms with E-state index in [1.54, 1.807) is 16.5 Å². The van der Waals surface area contributed by atoms with Crippen LogP contribution >= 0.6 is 23.1 Å². The number of carboxylic acids is 1. The van der Waals surface area contributed by atoms with Crippen molar-refractivity contribution in [1.29, 1.82) is 0 Å². The molecule has 1 fully saturated rings. The molecule has 0 aromatic carbocycles. The summed E-state index contributed by atoms with van der Waals surface area (Å²) in [5, 5.41) is 10.7. The number of amides is 1. The number of thiazole rings is 1. The Labute approximate surface area is 146 Å². The molecule has 0 spiro atoms. The lowest BCUT2D eigenvalue weighted by Gasteiger charge is -2.23. The lowest BCUT2D eigenvalue weighted by molar-refractivity contribution is -0.139. The van der Waals surface area contributed by atoms with Gasteiger partial charge in [0.05, 0.1) is 17.9 Å². The van der Waals surface area contributed by atoms with Gasteiger partial charge in [0.15, 0.2) is 4.96 Å². The fraction of sp³-hybridized carbons (Fsp3) is 0.467. The molecule has 3 rings (SSSR count). The topological polar surface area (TPSA) is 92.0 Å². The summed E-state index contributed by atoms with van der Waals surface area (Å²) in [5.74, 6) is -0.173. The molecule has 7 nitrogen and oxygen atoms in total. The maximum absolute atomic E-state index is 12.3. The lowest BCUT2D eigenvalue weighted by Crippen LogP contribution is -2.38. The molecule has 128 valence electrons. The summed E-state index contributed by atoms with van der Waals surface area (Å²) in [6.45, 7) is 0.623. The predicted molar refractivity (Wildman–Crippen MR) is 92.5 cm³/mol. The van der Waals surface area contributed by atoms with Crippen LogP contribution in [0.1, 0.15) is 25.0 Å². The Morgan fingerprint density at radius 2 is 2.29 bits per heavy atom. The van der Waals surface area contributed by atoms with Crippen LogP contribution in [0.25, 0.3) is 4.96 Å². The maximum Gasteiger partial charge on any atom is 0.305 e. The minimum atomic E-state index is -0.874. The van der Waals surface area contributed by atoms with Crippen molar-refractivity contribution >= 4 is 39.9 Å². The zero-order valence-corrected chi connectivity index (χ0v) is 14.5. The first kappa shape index (κ1) is 17.0. The van der Waals surface area contributed by atoms with Crippen LogP contribution in [0.3, 0.4) is 0 Å². The standard InChI is InChI=1S/C15H17N3O4S2/c19-12-6-10(16-15-18(12)4-5-24-15)8-23-9-13(20)17-3-1-2-11(17)7-14(21)22/h4-6,11H,1-3,7-9H2,(H,21,22). The Kier molecular flexibility index (Phi) is 5.20. The molecule has 0 saturated carbocycles. The summed E-state index contributed by atoms with van der Waals surface area (Å²) >= 11 is 2.79.